The molecule has 4 aromatic rings. The molecule has 0 unspecified atom stereocenters. The monoisotopic (exact) mass is 279 g/mol. The fourth-order valence-electron chi connectivity index (χ4n) is 2.12. The van der Waals surface area contributed by atoms with Gasteiger partial charge in [-0.05, 0) is 12.1 Å². The van der Waals surface area contributed by atoms with E-state index in [0.29, 0.717) is 11.5 Å². The molecule has 0 aliphatic carbocycles. The first-order valence-corrected chi connectivity index (χ1v) is 6.18. The number of fused-ring (bicyclic) bond motifs is 2. The number of aromatic amines is 2. The molecule has 3 heterocycles. The summed E-state index contributed by atoms with van der Waals surface area (Å²) < 4.78 is 0. The summed E-state index contributed by atoms with van der Waals surface area (Å²) in [5.74, 6) is 0.446. The molecule has 0 spiro atoms. The summed E-state index contributed by atoms with van der Waals surface area (Å²) in [7, 11) is 0. The average Bonchev–Trinajstić information content (AvgIpc) is 2.91. The van der Waals surface area contributed by atoms with E-state index in [1.54, 1.807) is 6.20 Å². The van der Waals surface area contributed by atoms with E-state index in [4.69, 9.17) is 5.73 Å². The molecular formula is C13H9N7O. The summed E-state index contributed by atoms with van der Waals surface area (Å²) in [5, 5.41) is 0. The Morgan fingerprint density at radius 2 is 1.81 bits per heavy atom. The zero-order valence-corrected chi connectivity index (χ0v) is 10.7. The lowest BCUT2D eigenvalue weighted by Gasteiger charge is -1.98. The fraction of sp³-hybridized carbons (Fsp3) is 0. The number of benzene rings is 1. The van der Waals surface area contributed by atoms with Gasteiger partial charge < -0.3 is 10.7 Å². The minimum absolute atomic E-state index is 0.0233. The van der Waals surface area contributed by atoms with Gasteiger partial charge in [-0.1, -0.05) is 12.1 Å². The third kappa shape index (κ3) is 1.81. The highest BCUT2D eigenvalue weighted by Crippen LogP contribution is 2.18. The van der Waals surface area contributed by atoms with Crippen LogP contribution in [0.3, 0.4) is 0 Å². The van der Waals surface area contributed by atoms with Gasteiger partial charge in [-0.15, -0.1) is 0 Å². The highest BCUT2D eigenvalue weighted by molar-refractivity contribution is 5.78. The molecule has 4 rings (SSSR count). The van der Waals surface area contributed by atoms with E-state index in [1.807, 2.05) is 24.3 Å². The van der Waals surface area contributed by atoms with Gasteiger partial charge in [0.05, 0.1) is 17.2 Å². The Morgan fingerprint density at radius 1 is 1.00 bits per heavy atom. The van der Waals surface area contributed by atoms with Gasteiger partial charge in [0.2, 0.25) is 5.95 Å². The topological polar surface area (TPSA) is 126 Å². The smallest absolute Gasteiger partial charge is 0.278 e. The zero-order chi connectivity index (χ0) is 14.4. The Kier molecular flexibility index (Phi) is 2.25. The minimum Gasteiger partial charge on any atom is -0.369 e. The normalized spacial score (nSPS) is 11.2. The van der Waals surface area contributed by atoms with Gasteiger partial charge >= 0.3 is 0 Å². The van der Waals surface area contributed by atoms with Crippen molar-refractivity contribution < 1.29 is 0 Å². The molecule has 0 aliphatic rings. The number of nitrogen functional groups attached to an aromatic ring is 1. The number of nitrogens with two attached hydrogens (primary N) is 1. The van der Waals surface area contributed by atoms with Crippen LogP contribution in [0.5, 0.6) is 0 Å². The van der Waals surface area contributed by atoms with Crippen molar-refractivity contribution in [2.45, 2.75) is 0 Å². The molecule has 0 fully saturated rings. The van der Waals surface area contributed by atoms with Crippen molar-refractivity contribution in [3.05, 3.63) is 40.8 Å². The zero-order valence-electron chi connectivity index (χ0n) is 10.7. The number of aromatic nitrogens is 6. The van der Waals surface area contributed by atoms with Crippen LogP contribution in [0.2, 0.25) is 0 Å². The lowest BCUT2D eigenvalue weighted by Crippen LogP contribution is -2.10. The van der Waals surface area contributed by atoms with Crippen LogP contribution in [0, 0.1) is 0 Å². The molecule has 102 valence electrons. The molecule has 0 radical (unpaired) electrons. The number of anilines is 1. The van der Waals surface area contributed by atoms with E-state index >= 15 is 0 Å². The van der Waals surface area contributed by atoms with Crippen LogP contribution in [0.25, 0.3) is 33.7 Å². The molecule has 4 N–H and O–H groups in total. The summed E-state index contributed by atoms with van der Waals surface area (Å²) in [6.45, 7) is 0. The van der Waals surface area contributed by atoms with Crippen molar-refractivity contribution in [1.82, 2.24) is 29.9 Å². The second kappa shape index (κ2) is 4.10. The number of nitrogens with one attached hydrogen (secondary N) is 2. The summed E-state index contributed by atoms with van der Waals surface area (Å²) >= 11 is 0. The molecule has 0 amide bonds. The summed E-state index contributed by atoms with van der Waals surface area (Å²) in [5.41, 5.74) is 7.71. The number of hydrogen-bond acceptors (Lipinski definition) is 6. The Labute approximate surface area is 117 Å². The Balaban J connectivity index is 1.95. The van der Waals surface area contributed by atoms with Crippen molar-refractivity contribution in [1.29, 1.82) is 0 Å². The number of hydrogen-bond donors (Lipinski definition) is 3. The second-order valence-electron chi connectivity index (χ2n) is 4.48. The van der Waals surface area contributed by atoms with E-state index in [1.165, 1.54) is 0 Å². The second-order valence-corrected chi connectivity index (χ2v) is 4.48. The number of nitrogens with zero attached hydrogens (tertiary/aromatic N) is 4. The van der Waals surface area contributed by atoms with Gasteiger partial charge in [0, 0.05) is 0 Å². The molecule has 0 atom stereocenters. The number of rotatable bonds is 1. The fourth-order valence-corrected chi connectivity index (χ4v) is 2.12. The lowest BCUT2D eigenvalue weighted by atomic mass is 10.3. The van der Waals surface area contributed by atoms with Gasteiger partial charge in [-0.25, -0.2) is 9.97 Å². The molecule has 21 heavy (non-hydrogen) atoms. The molecule has 8 heteroatoms. The highest BCUT2D eigenvalue weighted by Gasteiger charge is 2.12. The highest BCUT2D eigenvalue weighted by atomic mass is 16.1. The maximum absolute atomic E-state index is 11.8. The predicted octanol–water partition coefficient (Wildman–Crippen LogP) is 0.839. The van der Waals surface area contributed by atoms with Crippen molar-refractivity contribution in [2.24, 2.45) is 0 Å². The average molecular weight is 279 g/mol. The largest absolute Gasteiger partial charge is 0.369 e. The molecule has 0 saturated carbocycles. The number of H-pyrrole nitrogens is 2. The van der Waals surface area contributed by atoms with Gasteiger partial charge in [0.1, 0.15) is 5.69 Å². The van der Waals surface area contributed by atoms with Crippen LogP contribution in [0.15, 0.2) is 35.3 Å². The van der Waals surface area contributed by atoms with Crippen molar-refractivity contribution in [3.8, 4) is 11.5 Å². The van der Waals surface area contributed by atoms with Crippen LogP contribution in [0.4, 0.5) is 5.95 Å². The van der Waals surface area contributed by atoms with Crippen LogP contribution < -0.4 is 11.3 Å². The Morgan fingerprint density at radius 3 is 2.67 bits per heavy atom. The molecule has 0 saturated heterocycles. The summed E-state index contributed by atoms with van der Waals surface area (Å²) in [6.07, 6.45) is 1.59. The van der Waals surface area contributed by atoms with Crippen molar-refractivity contribution >= 4 is 28.1 Å². The van der Waals surface area contributed by atoms with Crippen molar-refractivity contribution in [2.75, 3.05) is 5.73 Å². The Hall–Kier alpha value is -3.29. The summed E-state index contributed by atoms with van der Waals surface area (Å²) in [6, 6.07) is 7.51. The van der Waals surface area contributed by atoms with Crippen LogP contribution in [-0.4, -0.2) is 29.9 Å². The molecule has 0 aliphatic heterocycles. The van der Waals surface area contributed by atoms with Crippen LogP contribution >= 0.6 is 0 Å². The molecule has 8 nitrogen and oxygen atoms in total. The van der Waals surface area contributed by atoms with Crippen molar-refractivity contribution in [3.63, 3.8) is 0 Å². The van der Waals surface area contributed by atoms with Crippen LogP contribution in [0.1, 0.15) is 0 Å². The third-order valence-corrected chi connectivity index (χ3v) is 3.07. The van der Waals surface area contributed by atoms with Crippen LogP contribution in [-0.2, 0) is 0 Å². The maximum atomic E-state index is 11.8. The predicted molar refractivity (Wildman–Crippen MR) is 77.5 cm³/mol. The van der Waals surface area contributed by atoms with Gasteiger partial charge in [-0.2, -0.15) is 4.98 Å². The quantitative estimate of drug-likeness (QED) is 0.474. The lowest BCUT2D eigenvalue weighted by molar-refractivity contribution is 1.17. The molecular weight excluding hydrogens is 270 g/mol. The van der Waals surface area contributed by atoms with Gasteiger partial charge in [0.15, 0.2) is 17.0 Å². The van der Waals surface area contributed by atoms with E-state index in [9.17, 15) is 4.79 Å². The maximum Gasteiger partial charge on any atom is 0.278 e. The number of para-hydroxylation sites is 2. The SMILES string of the molecule is Nc1nc2nc(-c3cnc4ccccc4n3)[nH]c2c(=O)[nH]1. The summed E-state index contributed by atoms with van der Waals surface area (Å²) in [4.78, 5) is 34.1. The molecule has 1 aromatic carbocycles. The first-order chi connectivity index (χ1) is 10.2. The molecule has 3 aromatic heterocycles. The van der Waals surface area contributed by atoms with Gasteiger partial charge in [-0.3, -0.25) is 14.8 Å². The standard InChI is InChI=1S/C13H9N7O/c14-13-19-11-9(12(21)20-13)17-10(18-11)8-5-15-6-3-1-2-4-7(6)16-8/h1-5H,(H4,14,17,18,19,20,21). The van der Waals surface area contributed by atoms with E-state index in [2.05, 4.69) is 29.9 Å². The van der Waals surface area contributed by atoms with Gasteiger partial charge in [0.25, 0.3) is 5.56 Å². The minimum atomic E-state index is -0.370. The molecule has 0 bridgehead atoms. The van der Waals surface area contributed by atoms with E-state index < -0.39 is 0 Å². The first-order valence-electron chi connectivity index (χ1n) is 6.18. The third-order valence-electron chi connectivity index (χ3n) is 3.07. The number of imidazole rings is 1. The van der Waals surface area contributed by atoms with E-state index in [-0.39, 0.29) is 22.7 Å². The van der Waals surface area contributed by atoms with E-state index in [0.717, 1.165) is 11.0 Å². The first kappa shape index (κ1) is 11.5. The Bertz CT molecular complexity index is 1030.